The van der Waals surface area contributed by atoms with Gasteiger partial charge in [-0.05, 0) is 29.0 Å². The highest BCUT2D eigenvalue weighted by Crippen LogP contribution is 2.28. The molecule has 0 spiro atoms. The molecule has 0 saturated heterocycles. The number of rotatable bonds is 2. The van der Waals surface area contributed by atoms with E-state index < -0.39 is 12.0 Å². The van der Waals surface area contributed by atoms with Crippen LogP contribution in [0.15, 0.2) is 42.9 Å². The van der Waals surface area contributed by atoms with Gasteiger partial charge >= 0.3 is 6.18 Å². The number of nitrogens with zero attached hydrogens (tertiary/aromatic N) is 4. The highest BCUT2D eigenvalue weighted by atomic mass is 19.4. The summed E-state index contributed by atoms with van der Waals surface area (Å²) in [6.45, 7) is 1.82. The van der Waals surface area contributed by atoms with Crippen molar-refractivity contribution >= 4 is 10.8 Å². The summed E-state index contributed by atoms with van der Waals surface area (Å²) in [7, 11) is 0. The zero-order chi connectivity index (χ0) is 17.4. The molecular formula is C18H15F3N4. The summed E-state index contributed by atoms with van der Waals surface area (Å²) < 4.78 is 38.5. The predicted molar refractivity (Wildman–Crippen MR) is 86.6 cm³/mol. The molecule has 0 N–H and O–H groups in total. The Morgan fingerprint density at radius 1 is 1.12 bits per heavy atom. The third-order valence-corrected chi connectivity index (χ3v) is 4.44. The van der Waals surface area contributed by atoms with Crippen molar-refractivity contribution in [2.24, 2.45) is 0 Å². The molecule has 0 fully saturated rings. The highest BCUT2D eigenvalue weighted by Gasteiger charge is 2.35. The van der Waals surface area contributed by atoms with Gasteiger partial charge in [0.1, 0.15) is 0 Å². The molecule has 0 saturated carbocycles. The van der Waals surface area contributed by atoms with E-state index in [0.717, 1.165) is 28.4 Å². The lowest BCUT2D eigenvalue weighted by Gasteiger charge is -2.28. The van der Waals surface area contributed by atoms with Crippen LogP contribution in [0.4, 0.5) is 13.2 Å². The number of hydrogen-bond donors (Lipinski definition) is 0. The molecule has 1 aromatic carbocycles. The quantitative estimate of drug-likeness (QED) is 0.712. The van der Waals surface area contributed by atoms with Gasteiger partial charge in [-0.3, -0.25) is 9.88 Å². The van der Waals surface area contributed by atoms with Crippen LogP contribution < -0.4 is 0 Å². The fraction of sp³-hybridized carbons (Fsp3) is 0.278. The van der Waals surface area contributed by atoms with Crippen LogP contribution in [0.25, 0.3) is 10.8 Å². The first-order valence-electron chi connectivity index (χ1n) is 7.97. The lowest BCUT2D eigenvalue weighted by atomic mass is 10.0. The van der Waals surface area contributed by atoms with Gasteiger partial charge in [0.15, 0.2) is 0 Å². The smallest absolute Gasteiger partial charge is 0.293 e. The Hall–Kier alpha value is -2.54. The van der Waals surface area contributed by atoms with E-state index in [4.69, 9.17) is 0 Å². The highest BCUT2D eigenvalue weighted by molar-refractivity contribution is 5.84. The second-order valence-electron chi connectivity index (χ2n) is 6.14. The summed E-state index contributed by atoms with van der Waals surface area (Å²) in [6, 6.07) is 7.98. The normalized spacial score (nSPS) is 15.3. The molecule has 0 radical (unpaired) electrons. The predicted octanol–water partition coefficient (Wildman–Crippen LogP) is 3.60. The number of pyridine rings is 1. The first-order valence-corrected chi connectivity index (χ1v) is 7.97. The number of alkyl halides is 3. The maximum atomic E-state index is 12.8. The molecule has 25 heavy (non-hydrogen) atoms. The molecule has 4 rings (SSSR count). The van der Waals surface area contributed by atoms with Gasteiger partial charge in [-0.1, -0.05) is 18.2 Å². The van der Waals surface area contributed by atoms with Crippen LogP contribution >= 0.6 is 0 Å². The van der Waals surface area contributed by atoms with E-state index in [-0.39, 0.29) is 0 Å². The molecule has 0 aliphatic carbocycles. The summed E-state index contributed by atoms with van der Waals surface area (Å²) in [5.74, 6) is -1.07. The van der Waals surface area contributed by atoms with Gasteiger partial charge in [0.2, 0.25) is 5.82 Å². The van der Waals surface area contributed by atoms with Crippen molar-refractivity contribution in [2.45, 2.75) is 25.7 Å². The Labute approximate surface area is 142 Å². The summed E-state index contributed by atoms with van der Waals surface area (Å²) in [4.78, 5) is 13.4. The van der Waals surface area contributed by atoms with Crippen LogP contribution in [-0.4, -0.2) is 26.4 Å². The van der Waals surface area contributed by atoms with Gasteiger partial charge in [0.05, 0.1) is 5.69 Å². The number of fused-ring (bicyclic) bond motifs is 2. The number of halogens is 3. The van der Waals surface area contributed by atoms with E-state index >= 15 is 0 Å². The first-order chi connectivity index (χ1) is 12.0. The van der Waals surface area contributed by atoms with Crippen molar-refractivity contribution in [3.05, 3.63) is 65.5 Å². The molecule has 0 amide bonds. The van der Waals surface area contributed by atoms with Gasteiger partial charge in [-0.15, -0.1) is 0 Å². The van der Waals surface area contributed by atoms with Crippen LogP contribution in [0.2, 0.25) is 0 Å². The Bertz CT molecular complexity index is 918. The molecule has 3 aromatic rings. The van der Waals surface area contributed by atoms with Crippen LogP contribution in [0.1, 0.15) is 22.6 Å². The fourth-order valence-electron chi connectivity index (χ4n) is 3.20. The summed E-state index contributed by atoms with van der Waals surface area (Å²) >= 11 is 0. The third-order valence-electron chi connectivity index (χ3n) is 4.44. The van der Waals surface area contributed by atoms with E-state index in [2.05, 4.69) is 19.9 Å². The fourth-order valence-corrected chi connectivity index (χ4v) is 3.20. The molecule has 0 bridgehead atoms. The van der Waals surface area contributed by atoms with E-state index in [9.17, 15) is 13.2 Å². The second kappa shape index (κ2) is 6.07. The molecule has 0 atom stereocenters. The van der Waals surface area contributed by atoms with Gasteiger partial charge in [0, 0.05) is 43.6 Å². The third kappa shape index (κ3) is 3.19. The maximum absolute atomic E-state index is 12.8. The Kier molecular flexibility index (Phi) is 3.88. The maximum Gasteiger partial charge on any atom is 0.451 e. The minimum atomic E-state index is -4.51. The average molecular weight is 344 g/mol. The zero-order valence-corrected chi connectivity index (χ0v) is 13.3. The van der Waals surface area contributed by atoms with E-state index in [0.29, 0.717) is 25.2 Å². The Morgan fingerprint density at radius 3 is 2.84 bits per heavy atom. The topological polar surface area (TPSA) is 41.9 Å². The molecule has 7 heteroatoms. The van der Waals surface area contributed by atoms with Crippen molar-refractivity contribution < 1.29 is 13.2 Å². The molecule has 1 aliphatic heterocycles. The average Bonchev–Trinajstić information content (AvgIpc) is 2.61. The van der Waals surface area contributed by atoms with Gasteiger partial charge < -0.3 is 0 Å². The standard InChI is InChI=1S/C18H15F3N4/c19-18(20,21)17-23-9-13-5-7-25(11-16(13)24-17)10-14-3-1-2-12-8-22-6-4-15(12)14/h1-4,6,8-9H,5,7,10-11H2. The molecule has 3 heterocycles. The molecule has 2 aromatic heterocycles. The number of benzene rings is 1. The zero-order valence-electron chi connectivity index (χ0n) is 13.3. The van der Waals surface area contributed by atoms with Crippen LogP contribution in [-0.2, 0) is 25.7 Å². The summed E-state index contributed by atoms with van der Waals surface area (Å²) in [5, 5.41) is 2.17. The molecule has 4 nitrogen and oxygen atoms in total. The second-order valence-corrected chi connectivity index (χ2v) is 6.14. The molecule has 128 valence electrons. The first kappa shape index (κ1) is 16.0. The van der Waals surface area contributed by atoms with Gasteiger partial charge in [0.25, 0.3) is 0 Å². The summed E-state index contributed by atoms with van der Waals surface area (Å²) in [6.07, 6.45) is 1.01. The molecule has 1 aliphatic rings. The van der Waals surface area contributed by atoms with Gasteiger partial charge in [-0.25, -0.2) is 9.97 Å². The number of aromatic nitrogens is 3. The van der Waals surface area contributed by atoms with Crippen LogP contribution in [0, 0.1) is 0 Å². The van der Waals surface area contributed by atoms with Crippen molar-refractivity contribution in [1.29, 1.82) is 0 Å². The van der Waals surface area contributed by atoms with Crippen LogP contribution in [0.5, 0.6) is 0 Å². The lowest BCUT2D eigenvalue weighted by Crippen LogP contribution is -2.31. The van der Waals surface area contributed by atoms with E-state index in [1.54, 1.807) is 6.20 Å². The SMILES string of the molecule is FC(F)(F)c1ncc2c(n1)CN(Cc1cccc3cnccc13)CC2. The van der Waals surface area contributed by atoms with Crippen molar-refractivity contribution in [2.75, 3.05) is 6.54 Å². The van der Waals surface area contributed by atoms with Crippen molar-refractivity contribution in [3.8, 4) is 0 Å². The van der Waals surface area contributed by atoms with Crippen molar-refractivity contribution in [1.82, 2.24) is 19.9 Å². The minimum absolute atomic E-state index is 0.391. The van der Waals surface area contributed by atoms with Crippen molar-refractivity contribution in [3.63, 3.8) is 0 Å². The van der Waals surface area contributed by atoms with Gasteiger partial charge in [-0.2, -0.15) is 13.2 Å². The monoisotopic (exact) mass is 344 g/mol. The molecular weight excluding hydrogens is 329 g/mol. The van der Waals surface area contributed by atoms with E-state index in [1.807, 2.05) is 30.5 Å². The largest absolute Gasteiger partial charge is 0.451 e. The van der Waals surface area contributed by atoms with Crippen LogP contribution in [0.3, 0.4) is 0 Å². The van der Waals surface area contributed by atoms with E-state index in [1.165, 1.54) is 6.20 Å². The number of hydrogen-bond acceptors (Lipinski definition) is 4. The Balaban J connectivity index is 1.60. The minimum Gasteiger partial charge on any atom is -0.293 e. The molecule has 0 unspecified atom stereocenters. The lowest BCUT2D eigenvalue weighted by molar-refractivity contribution is -0.145. The summed E-state index contributed by atoms with van der Waals surface area (Å²) in [5.41, 5.74) is 2.40. The Morgan fingerprint density at radius 2 is 2.00 bits per heavy atom.